The van der Waals surface area contributed by atoms with Crippen LogP contribution in [0.5, 0.6) is 0 Å². The van der Waals surface area contributed by atoms with E-state index in [0.29, 0.717) is 8.87 Å². The quantitative estimate of drug-likeness (QED) is 0.0936. The van der Waals surface area contributed by atoms with E-state index in [0.717, 1.165) is 77.0 Å². The molecule has 0 aromatic rings. The topological polar surface area (TPSA) is 52.6 Å². The molecule has 11 heteroatoms. The summed E-state index contributed by atoms with van der Waals surface area (Å²) in [6, 6.07) is 0. The van der Waals surface area contributed by atoms with Gasteiger partial charge in [0.2, 0.25) is 0 Å². The van der Waals surface area contributed by atoms with Gasteiger partial charge in [0.15, 0.2) is 0 Å². The van der Waals surface area contributed by atoms with Crippen LogP contribution in [0.15, 0.2) is 0 Å². The van der Waals surface area contributed by atoms with Gasteiger partial charge in [-0.15, -0.1) is 0 Å². The van der Waals surface area contributed by atoms with Gasteiger partial charge >= 0.3 is 224 Å². The minimum absolute atomic E-state index is 0.439. The van der Waals surface area contributed by atoms with E-state index in [4.69, 9.17) is 75.8 Å². The fraction of sp³-hybridized carbons (Fsp3) is 0.900. The zero-order valence-electron chi connectivity index (χ0n) is 18.3. The molecular weight excluding hydrogens is 636 g/mol. The molecule has 31 heavy (non-hydrogen) atoms. The number of hydrogen-bond acceptors (Lipinski definition) is 4. The molecule has 0 radical (unpaired) electrons. The van der Waals surface area contributed by atoms with E-state index in [2.05, 4.69) is 13.8 Å². The van der Waals surface area contributed by atoms with Crippen molar-refractivity contribution in [2.75, 3.05) is 0 Å². The Morgan fingerprint density at radius 3 is 1.16 bits per heavy atom. The van der Waals surface area contributed by atoms with E-state index in [1.54, 1.807) is 0 Å². The third-order valence-corrected chi connectivity index (χ3v) is 15.3. The molecule has 0 bridgehead atoms. The normalized spacial score (nSPS) is 12.6. The monoisotopic (exact) mass is 668 g/mol. The van der Waals surface area contributed by atoms with Crippen LogP contribution in [-0.4, -0.2) is 38.7 Å². The van der Waals surface area contributed by atoms with Crippen LogP contribution >= 0.6 is 69.6 Å². The Hall–Kier alpha value is 1.48. The average molecular weight is 670 g/mol. The van der Waals surface area contributed by atoms with Crippen LogP contribution in [0.2, 0.25) is 8.87 Å². The van der Waals surface area contributed by atoms with Crippen molar-refractivity contribution in [3.05, 3.63) is 0 Å². The molecule has 0 aliphatic rings. The molecule has 0 rings (SSSR count). The van der Waals surface area contributed by atoms with Gasteiger partial charge in [-0.1, -0.05) is 0 Å². The second-order valence-corrected chi connectivity index (χ2v) is 21.5. The van der Waals surface area contributed by atoms with Crippen molar-refractivity contribution in [3.63, 3.8) is 0 Å². The fourth-order valence-electron chi connectivity index (χ4n) is 3.15. The first kappa shape index (κ1) is 32.5. The van der Waals surface area contributed by atoms with Gasteiger partial charge < -0.3 is 0 Å². The van der Waals surface area contributed by atoms with Gasteiger partial charge in [0.1, 0.15) is 0 Å². The van der Waals surface area contributed by atoms with Crippen LogP contribution < -0.4 is 0 Å². The summed E-state index contributed by atoms with van der Waals surface area (Å²) >= 11 is 29.9. The van der Waals surface area contributed by atoms with E-state index >= 15 is 0 Å². The Labute approximate surface area is 222 Å². The zero-order chi connectivity index (χ0) is 24.0. The molecule has 0 aliphatic carbocycles. The first-order chi connectivity index (χ1) is 14.4. The molecule has 0 N–H and O–H groups in total. The van der Waals surface area contributed by atoms with Crippen molar-refractivity contribution in [1.29, 1.82) is 0 Å². The Kier molecular flexibility index (Phi) is 17.8. The van der Waals surface area contributed by atoms with Crippen molar-refractivity contribution in [2.24, 2.45) is 0 Å². The number of rotatable bonds is 16. The molecular formula is C20H34Cl6O4Sn. The number of carbonyl (C=O) groups is 2. The van der Waals surface area contributed by atoms with Gasteiger partial charge in [-0.2, -0.15) is 0 Å². The molecule has 0 saturated heterocycles. The maximum absolute atomic E-state index is 12.4. The molecule has 0 aromatic heterocycles. The minimum atomic E-state index is -4.42. The Morgan fingerprint density at radius 2 is 0.871 bits per heavy atom. The second-order valence-electron chi connectivity index (χ2n) is 7.72. The van der Waals surface area contributed by atoms with Crippen LogP contribution in [-0.2, 0) is 15.7 Å². The molecule has 0 spiro atoms. The molecule has 0 amide bonds. The molecule has 0 saturated carbocycles. The van der Waals surface area contributed by atoms with Crippen LogP contribution in [0.1, 0.15) is 90.9 Å². The van der Waals surface area contributed by atoms with E-state index < -0.39 is 38.7 Å². The van der Waals surface area contributed by atoms with Crippen molar-refractivity contribution < 1.29 is 15.7 Å². The second kappa shape index (κ2) is 17.0. The standard InChI is InChI=1S/2C8H17.2C2HCl3O2.Sn/c2*1-3-5-7-8-6-4-2;2*3-2(4,5)1(6)7;/h2*1,3-8H2,2H3;2*(H,6,7);/q;;;;+2/p-2. The third-order valence-electron chi connectivity index (χ3n) is 4.84. The molecule has 4 nitrogen and oxygen atoms in total. The summed E-state index contributed by atoms with van der Waals surface area (Å²) in [6.07, 6.45) is 12.3. The number of carbonyl (C=O) groups excluding carboxylic acids is 2. The maximum atomic E-state index is 12.4. The molecule has 0 heterocycles. The Bertz CT molecular complexity index is 477. The molecule has 0 unspecified atom stereocenters. The zero-order valence-corrected chi connectivity index (χ0v) is 25.7. The summed E-state index contributed by atoms with van der Waals surface area (Å²) in [5, 5.41) is 0. The van der Waals surface area contributed by atoms with Gasteiger partial charge in [-0.05, 0) is 0 Å². The molecule has 0 fully saturated rings. The van der Waals surface area contributed by atoms with Crippen LogP contribution in [0.25, 0.3) is 0 Å². The van der Waals surface area contributed by atoms with Crippen LogP contribution in [0.3, 0.4) is 0 Å². The first-order valence-corrected chi connectivity index (χ1v) is 19.6. The molecule has 0 aliphatic heterocycles. The van der Waals surface area contributed by atoms with Crippen molar-refractivity contribution in [2.45, 2.75) is 107 Å². The van der Waals surface area contributed by atoms with E-state index in [1.165, 1.54) is 0 Å². The van der Waals surface area contributed by atoms with Crippen LogP contribution in [0, 0.1) is 0 Å². The van der Waals surface area contributed by atoms with E-state index in [9.17, 15) is 9.59 Å². The summed E-state index contributed by atoms with van der Waals surface area (Å²) in [4.78, 5) is 24.8. The van der Waals surface area contributed by atoms with Crippen LogP contribution in [0.4, 0.5) is 0 Å². The van der Waals surface area contributed by atoms with Crippen molar-refractivity contribution >= 4 is 101 Å². The predicted octanol–water partition coefficient (Wildman–Crippen LogP) is 8.98. The fourth-order valence-corrected chi connectivity index (χ4v) is 13.8. The van der Waals surface area contributed by atoms with Crippen molar-refractivity contribution in [3.8, 4) is 0 Å². The Morgan fingerprint density at radius 1 is 0.581 bits per heavy atom. The summed E-state index contributed by atoms with van der Waals surface area (Å²) in [5.41, 5.74) is 0. The van der Waals surface area contributed by atoms with E-state index in [-0.39, 0.29) is 0 Å². The summed E-state index contributed by atoms with van der Waals surface area (Å²) in [6.45, 7) is 4.29. The summed E-state index contributed by atoms with van der Waals surface area (Å²) in [7, 11) is 0. The van der Waals surface area contributed by atoms with Gasteiger partial charge in [-0.3, -0.25) is 0 Å². The number of alkyl halides is 6. The van der Waals surface area contributed by atoms with Gasteiger partial charge in [0.05, 0.1) is 0 Å². The SMILES string of the molecule is CCCCCCC[CH2][Sn]([CH2]CCCCCCC)([O]C(=O)C(Cl)(Cl)Cl)[O]C(=O)C(Cl)(Cl)Cl. The summed E-state index contributed by atoms with van der Waals surface area (Å²) in [5.74, 6) is -2.08. The summed E-state index contributed by atoms with van der Waals surface area (Å²) < 4.78 is 7.70. The van der Waals surface area contributed by atoms with Crippen molar-refractivity contribution in [1.82, 2.24) is 0 Å². The number of unbranched alkanes of at least 4 members (excludes halogenated alkanes) is 10. The number of hydrogen-bond donors (Lipinski definition) is 0. The van der Waals surface area contributed by atoms with Gasteiger partial charge in [-0.25, -0.2) is 0 Å². The first-order valence-electron chi connectivity index (χ1n) is 11.0. The molecule has 0 atom stereocenters. The third kappa shape index (κ3) is 15.9. The van der Waals surface area contributed by atoms with Gasteiger partial charge in [0.25, 0.3) is 0 Å². The average Bonchev–Trinajstić information content (AvgIpc) is 2.65. The number of halogens is 6. The predicted molar refractivity (Wildman–Crippen MR) is 135 cm³/mol. The molecule has 184 valence electrons. The Balaban J connectivity index is 5.37. The van der Waals surface area contributed by atoms with Gasteiger partial charge in [0, 0.05) is 0 Å². The molecule has 0 aromatic carbocycles. The van der Waals surface area contributed by atoms with E-state index in [1.807, 2.05) is 0 Å².